The van der Waals surface area contributed by atoms with E-state index in [0.717, 1.165) is 17.7 Å². The van der Waals surface area contributed by atoms with Gasteiger partial charge in [-0.25, -0.2) is 0 Å². The van der Waals surface area contributed by atoms with Gasteiger partial charge in [-0.3, -0.25) is 4.79 Å². The fraction of sp³-hybridized carbons (Fsp3) is 0.208. The number of alkyl halides is 1. The molecule has 2 rings (SSSR count). The summed E-state index contributed by atoms with van der Waals surface area (Å²) in [4.78, 5) is 14.0. The Kier molecular flexibility index (Phi) is 8.57. The van der Waals surface area contributed by atoms with Gasteiger partial charge in [0.05, 0.1) is 6.54 Å². The molecule has 146 valence electrons. The van der Waals surface area contributed by atoms with Gasteiger partial charge in [0.2, 0.25) is 5.91 Å². The van der Waals surface area contributed by atoms with Gasteiger partial charge in [0, 0.05) is 5.70 Å². The first-order chi connectivity index (χ1) is 13.6. The van der Waals surface area contributed by atoms with Crippen molar-refractivity contribution in [1.82, 2.24) is 4.90 Å². The van der Waals surface area contributed by atoms with Gasteiger partial charge < -0.3 is 9.64 Å². The smallest absolute Gasteiger partial charge is 0.242 e. The third kappa shape index (κ3) is 6.43. The molecule has 0 aliphatic heterocycles. The molecule has 0 fully saturated rings. The monoisotopic (exact) mass is 395 g/mol. The van der Waals surface area contributed by atoms with E-state index in [2.05, 4.69) is 13.5 Å². The Morgan fingerprint density at radius 3 is 2.32 bits per heavy atom. The predicted molar refractivity (Wildman–Crippen MR) is 116 cm³/mol. The summed E-state index contributed by atoms with van der Waals surface area (Å²) >= 11 is 5.82. The maximum absolute atomic E-state index is 12.4. The van der Waals surface area contributed by atoms with E-state index in [-0.39, 0.29) is 11.8 Å². The first-order valence-electron chi connectivity index (χ1n) is 9.25. The van der Waals surface area contributed by atoms with Gasteiger partial charge in [0.15, 0.2) is 0 Å². The molecule has 0 spiro atoms. The van der Waals surface area contributed by atoms with Crippen LogP contribution in [0.25, 0.3) is 0 Å². The molecule has 0 aliphatic carbocycles. The Bertz CT molecular complexity index is 839. The topological polar surface area (TPSA) is 29.5 Å². The summed E-state index contributed by atoms with van der Waals surface area (Å²) in [6, 6.07) is 17.8. The van der Waals surface area contributed by atoms with Crippen LogP contribution in [0.5, 0.6) is 5.75 Å². The van der Waals surface area contributed by atoms with Crippen molar-refractivity contribution in [2.75, 3.05) is 5.88 Å². The molecule has 0 aromatic heterocycles. The fourth-order valence-electron chi connectivity index (χ4n) is 2.65. The molecule has 0 atom stereocenters. The van der Waals surface area contributed by atoms with E-state index in [0.29, 0.717) is 18.0 Å². The number of amides is 1. The van der Waals surface area contributed by atoms with E-state index in [1.54, 1.807) is 11.0 Å². The van der Waals surface area contributed by atoms with Crippen LogP contribution in [-0.4, -0.2) is 16.7 Å². The number of hydrogen-bond acceptors (Lipinski definition) is 2. The highest BCUT2D eigenvalue weighted by molar-refractivity contribution is 6.27. The molecule has 0 N–H and O–H groups in total. The van der Waals surface area contributed by atoms with Gasteiger partial charge in [-0.1, -0.05) is 56.0 Å². The Balaban J connectivity index is 2.17. The van der Waals surface area contributed by atoms with Crippen LogP contribution in [0.1, 0.15) is 25.0 Å². The largest absolute Gasteiger partial charge is 0.462 e. The standard InChI is InChI=1S/C24H26ClNO2/c1-4-20-12-15-23(16-13-20)28-19(3)11-14-22(5-2)26(24(27)17-25)18-21-9-7-6-8-10-21/h5-16H,2,4,17-18H2,1,3H3/b19-11+,22-14+. The molecule has 0 saturated heterocycles. The quantitative estimate of drug-likeness (QED) is 0.302. The second-order valence-electron chi connectivity index (χ2n) is 6.27. The summed E-state index contributed by atoms with van der Waals surface area (Å²) in [6.07, 6.45) is 6.28. The van der Waals surface area contributed by atoms with Crippen LogP contribution in [-0.2, 0) is 17.8 Å². The van der Waals surface area contributed by atoms with Crippen molar-refractivity contribution in [1.29, 1.82) is 0 Å². The summed E-state index contributed by atoms with van der Waals surface area (Å²) in [6.45, 7) is 8.26. The van der Waals surface area contributed by atoms with E-state index in [9.17, 15) is 4.79 Å². The van der Waals surface area contributed by atoms with Crippen LogP contribution >= 0.6 is 11.6 Å². The normalized spacial score (nSPS) is 11.8. The molecule has 28 heavy (non-hydrogen) atoms. The highest BCUT2D eigenvalue weighted by Gasteiger charge is 2.15. The third-order valence-corrected chi connectivity index (χ3v) is 4.45. The maximum atomic E-state index is 12.4. The molecule has 2 aromatic rings. The Morgan fingerprint density at radius 2 is 1.75 bits per heavy atom. The van der Waals surface area contributed by atoms with Crippen molar-refractivity contribution in [2.45, 2.75) is 26.8 Å². The number of carbonyl (C=O) groups excluding carboxylic acids is 1. The van der Waals surface area contributed by atoms with Crippen molar-refractivity contribution < 1.29 is 9.53 Å². The highest BCUT2D eigenvalue weighted by Crippen LogP contribution is 2.17. The number of carbonyl (C=O) groups is 1. The zero-order chi connectivity index (χ0) is 20.4. The fourth-order valence-corrected chi connectivity index (χ4v) is 2.79. The van der Waals surface area contributed by atoms with E-state index in [4.69, 9.17) is 16.3 Å². The van der Waals surface area contributed by atoms with Crippen molar-refractivity contribution in [2.24, 2.45) is 0 Å². The molecule has 0 aliphatic rings. The molecular formula is C24H26ClNO2. The summed E-state index contributed by atoms with van der Waals surface area (Å²) in [5.74, 6) is 1.21. The molecule has 3 nitrogen and oxygen atoms in total. The number of halogens is 1. The zero-order valence-electron chi connectivity index (χ0n) is 16.4. The minimum Gasteiger partial charge on any atom is -0.462 e. The number of allylic oxidation sites excluding steroid dienone is 4. The third-order valence-electron chi connectivity index (χ3n) is 4.22. The summed E-state index contributed by atoms with van der Waals surface area (Å²) in [5, 5.41) is 0. The van der Waals surface area contributed by atoms with Crippen LogP contribution in [0, 0.1) is 0 Å². The molecule has 0 heterocycles. The molecule has 0 saturated carbocycles. The Hall–Kier alpha value is -2.78. The number of ether oxygens (including phenoxy) is 1. The zero-order valence-corrected chi connectivity index (χ0v) is 17.2. The van der Waals surface area contributed by atoms with Crippen LogP contribution in [0.4, 0.5) is 0 Å². The van der Waals surface area contributed by atoms with Crippen molar-refractivity contribution >= 4 is 17.5 Å². The van der Waals surface area contributed by atoms with E-state index >= 15 is 0 Å². The lowest BCUT2D eigenvalue weighted by Crippen LogP contribution is -2.30. The van der Waals surface area contributed by atoms with Gasteiger partial charge in [-0.2, -0.15) is 0 Å². The van der Waals surface area contributed by atoms with Crippen LogP contribution in [0.2, 0.25) is 0 Å². The molecule has 2 aromatic carbocycles. The average Bonchev–Trinajstić information content (AvgIpc) is 2.74. The summed E-state index contributed by atoms with van der Waals surface area (Å²) < 4.78 is 5.85. The number of benzene rings is 2. The van der Waals surface area contributed by atoms with Gasteiger partial charge >= 0.3 is 0 Å². The molecular weight excluding hydrogens is 370 g/mol. The number of rotatable bonds is 9. The highest BCUT2D eigenvalue weighted by atomic mass is 35.5. The molecule has 1 amide bonds. The average molecular weight is 396 g/mol. The summed E-state index contributed by atoms with van der Waals surface area (Å²) in [7, 11) is 0. The van der Waals surface area contributed by atoms with Crippen molar-refractivity contribution in [3.63, 3.8) is 0 Å². The lowest BCUT2D eigenvalue weighted by atomic mass is 10.2. The SMILES string of the molecule is C=C/C(=C\C=C(/C)Oc1ccc(CC)cc1)N(Cc1ccccc1)C(=O)CCl. The number of nitrogens with zero attached hydrogens (tertiary/aromatic N) is 1. The van der Waals surface area contributed by atoms with Crippen LogP contribution in [0.15, 0.2) is 90.9 Å². The Labute approximate surface area is 172 Å². The minimum atomic E-state index is -0.182. The van der Waals surface area contributed by atoms with Gasteiger partial charge in [-0.15, -0.1) is 11.6 Å². The first-order valence-corrected chi connectivity index (χ1v) is 9.79. The molecule has 0 radical (unpaired) electrons. The van der Waals surface area contributed by atoms with Gasteiger partial charge in [0.1, 0.15) is 17.4 Å². The first kappa shape index (κ1) is 21.5. The minimum absolute atomic E-state index is 0.0962. The summed E-state index contributed by atoms with van der Waals surface area (Å²) in [5.41, 5.74) is 2.94. The second kappa shape index (κ2) is 11.2. The van der Waals surface area contributed by atoms with E-state index in [1.165, 1.54) is 5.56 Å². The predicted octanol–water partition coefficient (Wildman–Crippen LogP) is 5.87. The maximum Gasteiger partial charge on any atom is 0.242 e. The van der Waals surface area contributed by atoms with Crippen LogP contribution in [0.3, 0.4) is 0 Å². The molecule has 0 unspecified atom stereocenters. The van der Waals surface area contributed by atoms with Crippen LogP contribution < -0.4 is 4.74 Å². The lowest BCUT2D eigenvalue weighted by molar-refractivity contribution is -0.126. The van der Waals surface area contributed by atoms with Crippen molar-refractivity contribution in [3.8, 4) is 5.75 Å². The van der Waals surface area contributed by atoms with Crippen molar-refractivity contribution in [3.05, 3.63) is 102 Å². The van der Waals surface area contributed by atoms with Gasteiger partial charge in [-0.05, 0) is 54.8 Å². The lowest BCUT2D eigenvalue weighted by Gasteiger charge is -2.23. The molecule has 4 heteroatoms. The number of hydrogen-bond donors (Lipinski definition) is 0. The molecule has 0 bridgehead atoms. The van der Waals surface area contributed by atoms with E-state index in [1.807, 2.05) is 73.7 Å². The van der Waals surface area contributed by atoms with Gasteiger partial charge in [0.25, 0.3) is 0 Å². The number of aryl methyl sites for hydroxylation is 1. The Morgan fingerprint density at radius 1 is 1.07 bits per heavy atom. The second-order valence-corrected chi connectivity index (χ2v) is 6.54. The van der Waals surface area contributed by atoms with E-state index < -0.39 is 0 Å².